The Labute approximate surface area is 108 Å². The molecule has 0 aliphatic carbocycles. The summed E-state index contributed by atoms with van der Waals surface area (Å²) in [6.07, 6.45) is 1.81. The van der Waals surface area contributed by atoms with Gasteiger partial charge in [-0.1, -0.05) is 24.3 Å². The zero-order valence-corrected chi connectivity index (χ0v) is 9.61. The minimum absolute atomic E-state index is 0. The van der Waals surface area contributed by atoms with E-state index in [0.717, 1.165) is 5.52 Å². The average molecular weight is 168 g/mol. The Morgan fingerprint density at radius 3 is 2.45 bits per heavy atom. The third-order valence-electron chi connectivity index (χ3n) is 1.51. The molecule has 1 aromatic heterocycles. The van der Waals surface area contributed by atoms with Crippen molar-refractivity contribution in [2.24, 2.45) is 0 Å². The molecule has 0 unspecified atom stereocenters. The van der Waals surface area contributed by atoms with E-state index in [1.807, 2.05) is 30.5 Å². The molecule has 0 aliphatic heterocycles. The van der Waals surface area contributed by atoms with Gasteiger partial charge in [0, 0.05) is 63.0 Å². The van der Waals surface area contributed by atoms with Crippen molar-refractivity contribution in [3.05, 3.63) is 42.6 Å². The summed E-state index contributed by atoms with van der Waals surface area (Å²) >= 11 is 0. The van der Waals surface area contributed by atoms with Gasteiger partial charge in [0.1, 0.15) is 0 Å². The molecule has 11 heavy (non-hydrogen) atoms. The second-order valence-corrected chi connectivity index (χ2v) is 2.20. The maximum Gasteiger partial charge on any atom is 0.0701 e. The minimum Gasteiger partial charge on any atom is -0.256 e. The van der Waals surface area contributed by atoms with Gasteiger partial charge in [-0.05, 0) is 12.1 Å². The molecule has 0 N–H and O–H groups in total. The Hall–Kier alpha value is 0.266. The van der Waals surface area contributed by atoms with Gasteiger partial charge < -0.3 is 0 Å². The van der Waals surface area contributed by atoms with Gasteiger partial charge in [-0.25, -0.2) is 0 Å². The SMILES string of the molecule is [K].c1ccc2ncccc2c1. The molecular weight excluding hydrogens is 161 g/mol. The van der Waals surface area contributed by atoms with Gasteiger partial charge in [0.25, 0.3) is 0 Å². The molecule has 0 saturated carbocycles. The summed E-state index contributed by atoms with van der Waals surface area (Å²) in [5.74, 6) is 0. The van der Waals surface area contributed by atoms with E-state index in [9.17, 15) is 0 Å². The number of hydrogen-bond donors (Lipinski definition) is 0. The Kier molecular flexibility index (Phi) is 3.68. The third kappa shape index (κ3) is 2.10. The summed E-state index contributed by atoms with van der Waals surface area (Å²) < 4.78 is 0. The molecule has 2 heteroatoms. The molecule has 1 aromatic carbocycles. The van der Waals surface area contributed by atoms with Crippen LogP contribution in [0.15, 0.2) is 42.6 Å². The summed E-state index contributed by atoms with van der Waals surface area (Å²) in [4.78, 5) is 4.18. The van der Waals surface area contributed by atoms with Gasteiger partial charge in [0.05, 0.1) is 5.52 Å². The van der Waals surface area contributed by atoms with Crippen molar-refractivity contribution in [1.82, 2.24) is 4.98 Å². The van der Waals surface area contributed by atoms with Crippen molar-refractivity contribution in [3.63, 3.8) is 0 Å². The van der Waals surface area contributed by atoms with E-state index in [4.69, 9.17) is 0 Å². The largest absolute Gasteiger partial charge is 0.256 e. The number of aromatic nitrogens is 1. The van der Waals surface area contributed by atoms with Crippen LogP contribution in [0.3, 0.4) is 0 Å². The topological polar surface area (TPSA) is 12.9 Å². The first-order valence-electron chi connectivity index (χ1n) is 3.26. The van der Waals surface area contributed by atoms with E-state index in [2.05, 4.69) is 17.1 Å². The van der Waals surface area contributed by atoms with Crippen molar-refractivity contribution in [3.8, 4) is 0 Å². The second-order valence-electron chi connectivity index (χ2n) is 2.20. The first-order chi connectivity index (χ1) is 4.97. The van der Waals surface area contributed by atoms with E-state index < -0.39 is 0 Å². The van der Waals surface area contributed by atoms with E-state index >= 15 is 0 Å². The van der Waals surface area contributed by atoms with E-state index in [1.54, 1.807) is 0 Å². The second kappa shape index (κ2) is 4.33. The maximum absolute atomic E-state index is 4.18. The molecule has 0 fully saturated rings. The van der Waals surface area contributed by atoms with Crippen LogP contribution in [0.1, 0.15) is 0 Å². The number of nitrogens with zero attached hydrogens (tertiary/aromatic N) is 1. The molecule has 0 atom stereocenters. The monoisotopic (exact) mass is 168 g/mol. The van der Waals surface area contributed by atoms with Gasteiger partial charge in [-0.2, -0.15) is 0 Å². The fraction of sp³-hybridized carbons (Fsp3) is 0. The molecule has 2 aromatic rings. The standard InChI is InChI=1S/C9H7N.K/c1-2-6-9-8(4-1)5-3-7-10-9;/h1-7H;. The fourth-order valence-electron chi connectivity index (χ4n) is 1.02. The minimum atomic E-state index is 0. The molecule has 1 nitrogen and oxygen atoms in total. The Morgan fingerprint density at radius 2 is 1.64 bits per heavy atom. The van der Waals surface area contributed by atoms with Crippen LogP contribution in [0.2, 0.25) is 0 Å². The van der Waals surface area contributed by atoms with Crippen LogP contribution in [-0.4, -0.2) is 56.4 Å². The first-order valence-corrected chi connectivity index (χ1v) is 3.26. The Bertz CT molecular complexity index is 281. The molecular formula is C9H7KN. The molecule has 1 radical (unpaired) electrons. The Balaban J connectivity index is 0.000000605. The molecule has 0 aliphatic rings. The maximum atomic E-state index is 4.18. The quantitative estimate of drug-likeness (QED) is 0.547. The number of hydrogen-bond acceptors (Lipinski definition) is 1. The number of pyridine rings is 1. The average Bonchev–Trinajstić information content (AvgIpc) is 2.05. The van der Waals surface area contributed by atoms with Crippen LogP contribution < -0.4 is 0 Å². The molecule has 49 valence electrons. The third-order valence-corrected chi connectivity index (χ3v) is 1.51. The van der Waals surface area contributed by atoms with Crippen LogP contribution in [0.25, 0.3) is 10.9 Å². The van der Waals surface area contributed by atoms with Gasteiger partial charge in [0.15, 0.2) is 0 Å². The molecule has 0 saturated heterocycles. The molecule has 1 heterocycles. The van der Waals surface area contributed by atoms with Crippen LogP contribution >= 0.6 is 0 Å². The van der Waals surface area contributed by atoms with Crippen molar-refractivity contribution in [2.45, 2.75) is 0 Å². The van der Waals surface area contributed by atoms with Crippen LogP contribution in [0.5, 0.6) is 0 Å². The fourth-order valence-corrected chi connectivity index (χ4v) is 1.02. The summed E-state index contributed by atoms with van der Waals surface area (Å²) in [5.41, 5.74) is 1.06. The van der Waals surface area contributed by atoms with Crippen LogP contribution in [-0.2, 0) is 0 Å². The van der Waals surface area contributed by atoms with Gasteiger partial charge >= 0.3 is 0 Å². The number of rotatable bonds is 0. The molecule has 2 rings (SSSR count). The van der Waals surface area contributed by atoms with E-state index in [0.29, 0.717) is 0 Å². The van der Waals surface area contributed by atoms with E-state index in [1.165, 1.54) is 5.39 Å². The van der Waals surface area contributed by atoms with Crippen molar-refractivity contribution >= 4 is 62.3 Å². The zero-order chi connectivity index (χ0) is 6.81. The van der Waals surface area contributed by atoms with Gasteiger partial charge in [-0.15, -0.1) is 0 Å². The smallest absolute Gasteiger partial charge is 0.0701 e. The number of fused-ring (bicyclic) bond motifs is 1. The van der Waals surface area contributed by atoms with Crippen LogP contribution in [0.4, 0.5) is 0 Å². The Morgan fingerprint density at radius 1 is 0.909 bits per heavy atom. The van der Waals surface area contributed by atoms with Gasteiger partial charge in [-0.3, -0.25) is 4.98 Å². The predicted molar refractivity (Wildman–Crippen MR) is 47.5 cm³/mol. The van der Waals surface area contributed by atoms with Gasteiger partial charge in [0.2, 0.25) is 0 Å². The predicted octanol–water partition coefficient (Wildman–Crippen LogP) is 1.85. The normalized spacial score (nSPS) is 9.09. The summed E-state index contributed by atoms with van der Waals surface area (Å²) in [7, 11) is 0. The zero-order valence-electron chi connectivity index (χ0n) is 6.49. The first kappa shape index (κ1) is 9.36. The molecule has 0 bridgehead atoms. The summed E-state index contributed by atoms with van der Waals surface area (Å²) in [6.45, 7) is 0. The van der Waals surface area contributed by atoms with Crippen LogP contribution in [0, 0.1) is 0 Å². The van der Waals surface area contributed by atoms with E-state index in [-0.39, 0.29) is 51.4 Å². The summed E-state index contributed by atoms with van der Waals surface area (Å²) in [6, 6.07) is 12.1. The number of para-hydroxylation sites is 1. The van der Waals surface area contributed by atoms with Crippen molar-refractivity contribution in [2.75, 3.05) is 0 Å². The number of benzene rings is 1. The summed E-state index contributed by atoms with van der Waals surface area (Å²) in [5, 5.41) is 1.20. The molecule has 0 amide bonds. The van der Waals surface area contributed by atoms with Crippen molar-refractivity contribution in [1.29, 1.82) is 0 Å². The van der Waals surface area contributed by atoms with Crippen molar-refractivity contribution < 1.29 is 0 Å². The molecule has 0 spiro atoms.